The number of ketones is 1. The normalized spacial score (nSPS) is 11.1. The van der Waals surface area contributed by atoms with Crippen molar-refractivity contribution in [2.75, 3.05) is 0 Å². The maximum atomic E-state index is 12.5. The molecule has 2 heteroatoms. The number of aromatic hydroxyl groups is 1. The van der Waals surface area contributed by atoms with Gasteiger partial charge in [-0.25, -0.2) is 0 Å². The Kier molecular flexibility index (Phi) is 14.3. The number of aryl methyl sites for hydroxylation is 1. The van der Waals surface area contributed by atoms with Crippen molar-refractivity contribution in [3.05, 3.63) is 65.2 Å². The summed E-state index contributed by atoms with van der Waals surface area (Å²) in [5.41, 5.74) is 2.11. The van der Waals surface area contributed by atoms with E-state index in [9.17, 15) is 9.90 Å². The van der Waals surface area contributed by atoms with Gasteiger partial charge in [0.15, 0.2) is 5.78 Å². The number of unbranched alkanes of at least 4 members (excludes halogenated alkanes) is 15. The second-order valence-electron chi connectivity index (χ2n) is 9.60. The van der Waals surface area contributed by atoms with Crippen molar-refractivity contribution in [2.45, 2.75) is 116 Å². The lowest BCUT2D eigenvalue weighted by Crippen LogP contribution is -2.02. The molecule has 2 nitrogen and oxygen atoms in total. The van der Waals surface area contributed by atoms with Crippen molar-refractivity contribution in [1.82, 2.24) is 0 Å². The number of benzene rings is 2. The smallest absolute Gasteiger partial charge is 0.196 e. The molecule has 2 rings (SSSR count). The number of rotatable bonds is 19. The molecule has 33 heavy (non-hydrogen) atoms. The van der Waals surface area contributed by atoms with E-state index in [2.05, 4.69) is 6.92 Å². The first-order valence-electron chi connectivity index (χ1n) is 13.6. The summed E-state index contributed by atoms with van der Waals surface area (Å²) in [7, 11) is 0. The molecule has 0 saturated carbocycles. The Labute approximate surface area is 202 Å². The third-order valence-electron chi connectivity index (χ3n) is 6.66. The summed E-state index contributed by atoms with van der Waals surface area (Å²) in [5.74, 6) is -0.0279. The van der Waals surface area contributed by atoms with Crippen LogP contribution in [-0.2, 0) is 6.42 Å². The zero-order valence-corrected chi connectivity index (χ0v) is 21.0. The zero-order chi connectivity index (χ0) is 23.6. The van der Waals surface area contributed by atoms with E-state index >= 15 is 0 Å². The summed E-state index contributed by atoms with van der Waals surface area (Å²) < 4.78 is 0. The predicted octanol–water partition coefficient (Wildman–Crippen LogP) is 9.43. The van der Waals surface area contributed by atoms with Gasteiger partial charge >= 0.3 is 0 Å². The van der Waals surface area contributed by atoms with Gasteiger partial charge in [0, 0.05) is 5.56 Å². The van der Waals surface area contributed by atoms with Crippen LogP contribution in [0.3, 0.4) is 0 Å². The number of phenolic OH excluding ortho intramolecular Hbond substituents is 1. The summed E-state index contributed by atoms with van der Waals surface area (Å²) in [6.45, 7) is 2.28. The highest BCUT2D eigenvalue weighted by molar-refractivity contribution is 6.10. The second-order valence-corrected chi connectivity index (χ2v) is 9.60. The molecule has 2 aromatic carbocycles. The molecular weight excluding hydrogens is 404 g/mol. The van der Waals surface area contributed by atoms with E-state index in [4.69, 9.17) is 0 Å². The largest absolute Gasteiger partial charge is 0.507 e. The molecule has 0 fully saturated rings. The summed E-state index contributed by atoms with van der Waals surface area (Å²) in [4.78, 5) is 12.5. The number of hydrogen-bond acceptors (Lipinski definition) is 2. The Morgan fingerprint density at radius 1 is 0.636 bits per heavy atom. The minimum absolute atomic E-state index is 0.0952. The van der Waals surface area contributed by atoms with Crippen LogP contribution in [0.5, 0.6) is 5.75 Å². The van der Waals surface area contributed by atoms with Gasteiger partial charge in [-0.3, -0.25) is 4.79 Å². The van der Waals surface area contributed by atoms with Gasteiger partial charge in [-0.05, 0) is 30.5 Å². The number of carbonyl (C=O) groups excluding carboxylic acids is 1. The third kappa shape index (κ3) is 11.6. The average molecular weight is 451 g/mol. The van der Waals surface area contributed by atoms with Crippen LogP contribution in [0.25, 0.3) is 0 Å². The summed E-state index contributed by atoms with van der Waals surface area (Å²) >= 11 is 0. The second kappa shape index (κ2) is 17.4. The molecule has 1 N–H and O–H groups in total. The Morgan fingerprint density at radius 3 is 1.61 bits per heavy atom. The fraction of sp³-hybridized carbons (Fsp3) is 0.581. The molecule has 0 unspecified atom stereocenters. The molecule has 2 aromatic rings. The highest BCUT2D eigenvalue weighted by Gasteiger charge is 2.13. The van der Waals surface area contributed by atoms with E-state index in [1.54, 1.807) is 24.3 Å². The lowest BCUT2D eigenvalue weighted by Gasteiger charge is -2.07. The lowest BCUT2D eigenvalue weighted by molar-refractivity contribution is 0.103. The monoisotopic (exact) mass is 450 g/mol. The van der Waals surface area contributed by atoms with Gasteiger partial charge in [0.2, 0.25) is 0 Å². The van der Waals surface area contributed by atoms with Crippen molar-refractivity contribution < 1.29 is 9.90 Å². The van der Waals surface area contributed by atoms with Crippen LogP contribution < -0.4 is 0 Å². The minimum Gasteiger partial charge on any atom is -0.507 e. The maximum absolute atomic E-state index is 12.5. The van der Waals surface area contributed by atoms with Crippen molar-refractivity contribution >= 4 is 5.78 Å². The molecule has 0 aliphatic rings. The first kappa shape index (κ1) is 27.2. The molecule has 0 aliphatic heterocycles. The molecule has 0 radical (unpaired) electrons. The Hall–Kier alpha value is -2.09. The molecular formula is C31H46O2. The highest BCUT2D eigenvalue weighted by Crippen LogP contribution is 2.23. The van der Waals surface area contributed by atoms with E-state index in [0.29, 0.717) is 11.1 Å². The molecule has 0 atom stereocenters. The molecule has 0 aromatic heterocycles. The topological polar surface area (TPSA) is 37.3 Å². The maximum Gasteiger partial charge on any atom is 0.196 e. The standard InChI is InChI=1S/C31H46O2/c1-2-3-4-5-6-7-8-9-10-11-12-13-14-15-16-18-21-27-24-25-29(30(32)26-27)31(33)28-22-19-17-20-23-28/h17,19-20,22-26,32H,2-16,18,21H2,1H3. The van der Waals surface area contributed by atoms with Crippen molar-refractivity contribution in [1.29, 1.82) is 0 Å². The molecule has 0 saturated heterocycles. The van der Waals surface area contributed by atoms with Crippen molar-refractivity contribution in [3.63, 3.8) is 0 Å². The van der Waals surface area contributed by atoms with Crippen molar-refractivity contribution in [3.8, 4) is 5.75 Å². The molecule has 0 spiro atoms. The van der Waals surface area contributed by atoms with Crippen LogP contribution in [0.2, 0.25) is 0 Å². The fourth-order valence-corrected chi connectivity index (χ4v) is 4.55. The van der Waals surface area contributed by atoms with Crippen LogP contribution in [-0.4, -0.2) is 10.9 Å². The summed E-state index contributed by atoms with van der Waals surface area (Å²) in [5, 5.41) is 10.3. The highest BCUT2D eigenvalue weighted by atomic mass is 16.3. The number of carbonyl (C=O) groups is 1. The summed E-state index contributed by atoms with van der Waals surface area (Å²) in [6.07, 6.45) is 22.9. The van der Waals surface area contributed by atoms with Crippen LogP contribution in [0, 0.1) is 0 Å². The Bertz CT molecular complexity index is 766. The third-order valence-corrected chi connectivity index (χ3v) is 6.66. The van der Waals surface area contributed by atoms with Crippen LogP contribution in [0.4, 0.5) is 0 Å². The molecule has 0 amide bonds. The fourth-order valence-electron chi connectivity index (χ4n) is 4.55. The van der Waals surface area contributed by atoms with Gasteiger partial charge in [-0.2, -0.15) is 0 Å². The molecule has 0 aliphatic carbocycles. The average Bonchev–Trinajstić information content (AvgIpc) is 2.84. The van der Waals surface area contributed by atoms with Gasteiger partial charge in [0.25, 0.3) is 0 Å². The number of phenols is 1. The predicted molar refractivity (Wildman–Crippen MR) is 141 cm³/mol. The van der Waals surface area contributed by atoms with Gasteiger partial charge in [0.05, 0.1) is 5.56 Å². The first-order chi connectivity index (χ1) is 16.2. The van der Waals surface area contributed by atoms with Gasteiger partial charge in [0.1, 0.15) is 5.75 Å². The van der Waals surface area contributed by atoms with E-state index in [0.717, 1.165) is 18.4 Å². The van der Waals surface area contributed by atoms with Crippen molar-refractivity contribution in [2.24, 2.45) is 0 Å². The van der Waals surface area contributed by atoms with Gasteiger partial charge in [-0.15, -0.1) is 0 Å². The van der Waals surface area contributed by atoms with E-state index in [1.165, 1.54) is 96.3 Å². The first-order valence-corrected chi connectivity index (χ1v) is 13.6. The molecule has 0 bridgehead atoms. The lowest BCUT2D eigenvalue weighted by atomic mass is 9.98. The quantitative estimate of drug-likeness (QED) is 0.171. The van der Waals surface area contributed by atoms with E-state index in [-0.39, 0.29) is 11.5 Å². The van der Waals surface area contributed by atoms with E-state index in [1.807, 2.05) is 24.3 Å². The molecule has 182 valence electrons. The SMILES string of the molecule is CCCCCCCCCCCCCCCCCCc1ccc(C(=O)c2ccccc2)c(O)c1. The van der Waals surface area contributed by atoms with Crippen LogP contribution >= 0.6 is 0 Å². The van der Waals surface area contributed by atoms with Crippen LogP contribution in [0.1, 0.15) is 131 Å². The van der Waals surface area contributed by atoms with Gasteiger partial charge < -0.3 is 5.11 Å². The van der Waals surface area contributed by atoms with Gasteiger partial charge in [-0.1, -0.05) is 140 Å². The van der Waals surface area contributed by atoms with Crippen LogP contribution in [0.15, 0.2) is 48.5 Å². The number of hydrogen-bond donors (Lipinski definition) is 1. The summed E-state index contributed by atoms with van der Waals surface area (Å²) in [6, 6.07) is 14.7. The minimum atomic E-state index is -0.123. The Balaban J connectivity index is 1.46. The zero-order valence-electron chi connectivity index (χ0n) is 21.0. The molecule has 0 heterocycles. The van der Waals surface area contributed by atoms with E-state index < -0.39 is 0 Å². The Morgan fingerprint density at radius 2 is 1.12 bits per heavy atom.